The normalized spacial score (nSPS) is 14.1. The monoisotopic (exact) mass is 687 g/mol. The predicted octanol–water partition coefficient (Wildman–Crippen LogP) is -2.30. The number of H-pyrrole nitrogens is 2. The van der Waals surface area contributed by atoms with Gasteiger partial charge in [0.05, 0.1) is 18.8 Å². The number of carboxylic acid groups (broad SMARTS) is 2. The van der Waals surface area contributed by atoms with Crippen molar-refractivity contribution in [2.45, 2.75) is 62.3 Å². The van der Waals surface area contributed by atoms with Gasteiger partial charge in [0.25, 0.3) is 0 Å². The van der Waals surface area contributed by atoms with E-state index in [1.807, 2.05) is 0 Å². The standard InChI is InChI=1S/C29H37N9O9S/c30-17(5-6-23(31)39)25(42)35-21(9-24(40)41)28(45)37-20(8-15-11-32-13-34-15)27(44)36-19(26(43)38-22(12-48)29(46)47)7-14-10-33-18-4-2-1-3-16(14)18/h1-4,10-11,13,17,19-22,33,48H,5-9,12,30H2,(H2,31,39)(H,32,34)(H,35,42)(H,36,44)(H,37,45)(H,38,43)(H,40,41)(H,46,47)/t17-,19-,20-,21-,22-/m0/s1. The SMILES string of the molecule is NC(=O)CC[C@H](N)C(=O)N[C@@H](CC(=O)O)C(=O)N[C@@H](Cc1cnc[nH]1)C(=O)N[C@@H](Cc1c[nH]c2ccccc12)C(=O)N[C@@H](CS)C(=O)O. The summed E-state index contributed by atoms with van der Waals surface area (Å²) < 4.78 is 0. The third-order valence-electron chi connectivity index (χ3n) is 7.19. The molecule has 0 aliphatic carbocycles. The van der Waals surface area contributed by atoms with Gasteiger partial charge in [0, 0.05) is 54.0 Å². The van der Waals surface area contributed by atoms with Crippen LogP contribution in [0.3, 0.4) is 0 Å². The third kappa shape index (κ3) is 10.8. The van der Waals surface area contributed by atoms with Crippen molar-refractivity contribution < 1.29 is 43.8 Å². The van der Waals surface area contributed by atoms with Crippen molar-refractivity contribution in [1.82, 2.24) is 36.2 Å². The van der Waals surface area contributed by atoms with Crippen LogP contribution in [-0.2, 0) is 46.4 Å². The Morgan fingerprint density at radius 2 is 1.44 bits per heavy atom. The van der Waals surface area contributed by atoms with Gasteiger partial charge in [0.1, 0.15) is 24.2 Å². The number of fused-ring (bicyclic) bond motifs is 1. The molecule has 0 aliphatic rings. The van der Waals surface area contributed by atoms with E-state index in [1.165, 1.54) is 12.5 Å². The van der Waals surface area contributed by atoms with Gasteiger partial charge in [-0.25, -0.2) is 9.78 Å². The van der Waals surface area contributed by atoms with E-state index in [0.29, 0.717) is 11.3 Å². The van der Waals surface area contributed by atoms with Gasteiger partial charge in [-0.3, -0.25) is 28.8 Å². The molecule has 0 bridgehead atoms. The van der Waals surface area contributed by atoms with Gasteiger partial charge in [0.2, 0.25) is 29.5 Å². The summed E-state index contributed by atoms with van der Waals surface area (Å²) in [5.74, 6) is -7.49. The molecule has 0 radical (unpaired) electrons. The molecule has 2 aromatic heterocycles. The quantitative estimate of drug-likeness (QED) is 0.0595. The summed E-state index contributed by atoms with van der Waals surface area (Å²) in [7, 11) is 0. The van der Waals surface area contributed by atoms with Crippen LogP contribution in [0, 0.1) is 0 Å². The van der Waals surface area contributed by atoms with Crippen molar-refractivity contribution in [3.8, 4) is 0 Å². The van der Waals surface area contributed by atoms with E-state index in [4.69, 9.17) is 11.5 Å². The number of aromatic amines is 2. The first-order valence-electron chi connectivity index (χ1n) is 14.6. The van der Waals surface area contributed by atoms with Gasteiger partial charge >= 0.3 is 11.9 Å². The highest BCUT2D eigenvalue weighted by Gasteiger charge is 2.33. The Hall–Kier alpha value is -5.43. The van der Waals surface area contributed by atoms with Crippen molar-refractivity contribution in [2.24, 2.45) is 11.5 Å². The predicted molar refractivity (Wildman–Crippen MR) is 172 cm³/mol. The van der Waals surface area contributed by atoms with Gasteiger partial charge in [-0.15, -0.1) is 0 Å². The van der Waals surface area contributed by atoms with Crippen LogP contribution in [0.25, 0.3) is 10.9 Å². The summed E-state index contributed by atoms with van der Waals surface area (Å²) in [5.41, 5.74) is 12.6. The van der Waals surface area contributed by atoms with Crippen molar-refractivity contribution >= 4 is 65.0 Å². The molecule has 0 saturated heterocycles. The van der Waals surface area contributed by atoms with Crippen molar-refractivity contribution in [1.29, 1.82) is 0 Å². The van der Waals surface area contributed by atoms with Crippen LogP contribution in [-0.4, -0.2) is 103 Å². The molecule has 0 aliphatic heterocycles. The Labute approximate surface area is 278 Å². The minimum Gasteiger partial charge on any atom is -0.481 e. The molecule has 2 heterocycles. The van der Waals surface area contributed by atoms with Crippen molar-refractivity contribution in [2.75, 3.05) is 5.75 Å². The number of imidazole rings is 1. The summed E-state index contributed by atoms with van der Waals surface area (Å²) in [6.45, 7) is 0. The molecule has 0 fully saturated rings. The van der Waals surface area contributed by atoms with Gasteiger partial charge in [-0.1, -0.05) is 18.2 Å². The molecule has 3 aromatic rings. The van der Waals surface area contributed by atoms with Gasteiger partial charge in [0.15, 0.2) is 0 Å². The van der Waals surface area contributed by atoms with Crippen LogP contribution in [0.15, 0.2) is 43.0 Å². The summed E-state index contributed by atoms with van der Waals surface area (Å²) in [6, 6.07) is 0.0245. The molecule has 1 aromatic carbocycles. The molecular formula is C29H37N9O9S. The first kappa shape index (κ1) is 37.0. The zero-order valence-corrected chi connectivity index (χ0v) is 26.4. The fourth-order valence-electron chi connectivity index (χ4n) is 4.65. The zero-order valence-electron chi connectivity index (χ0n) is 25.5. The Balaban J connectivity index is 1.88. The smallest absolute Gasteiger partial charge is 0.327 e. The summed E-state index contributed by atoms with van der Waals surface area (Å²) in [5, 5.41) is 29.2. The summed E-state index contributed by atoms with van der Waals surface area (Å²) in [4.78, 5) is 97.2. The topological polar surface area (TPSA) is 305 Å². The van der Waals surface area contributed by atoms with Crippen LogP contribution in [0.5, 0.6) is 0 Å². The van der Waals surface area contributed by atoms with Crippen LogP contribution in [0.4, 0.5) is 0 Å². The van der Waals surface area contributed by atoms with Gasteiger partial charge in [-0.2, -0.15) is 12.6 Å². The molecule has 258 valence electrons. The number of carbonyl (C=O) groups is 7. The van der Waals surface area contributed by atoms with Gasteiger partial charge < -0.3 is 52.9 Å². The lowest BCUT2D eigenvalue weighted by molar-refractivity contribution is -0.141. The number of carbonyl (C=O) groups excluding carboxylic acids is 5. The lowest BCUT2D eigenvalue weighted by Gasteiger charge is -2.26. The molecule has 19 heteroatoms. The van der Waals surface area contributed by atoms with E-state index in [2.05, 4.69) is 48.8 Å². The number of primary amides is 1. The number of nitrogens with two attached hydrogens (primary N) is 2. The van der Waals surface area contributed by atoms with E-state index in [-0.39, 0.29) is 31.4 Å². The molecule has 5 amide bonds. The Bertz CT molecular complexity index is 1630. The number of aromatic nitrogens is 3. The number of para-hydroxylation sites is 1. The summed E-state index contributed by atoms with van der Waals surface area (Å²) in [6.07, 6.45) is 2.76. The van der Waals surface area contributed by atoms with E-state index in [9.17, 15) is 43.8 Å². The lowest BCUT2D eigenvalue weighted by Crippen LogP contribution is -2.59. The fourth-order valence-corrected chi connectivity index (χ4v) is 4.90. The number of aliphatic carboxylic acids is 2. The number of amides is 5. The summed E-state index contributed by atoms with van der Waals surface area (Å²) >= 11 is 3.98. The first-order chi connectivity index (χ1) is 22.8. The number of nitrogens with zero attached hydrogens (tertiary/aromatic N) is 1. The molecule has 18 nitrogen and oxygen atoms in total. The number of thiol groups is 1. The minimum absolute atomic E-state index is 0.0912. The Kier molecular flexibility index (Phi) is 13.5. The molecule has 0 spiro atoms. The maximum atomic E-state index is 13.8. The van der Waals surface area contributed by atoms with Gasteiger partial charge in [-0.05, 0) is 18.1 Å². The zero-order chi connectivity index (χ0) is 35.4. The molecular weight excluding hydrogens is 650 g/mol. The fraction of sp³-hybridized carbons (Fsp3) is 0.379. The highest BCUT2D eigenvalue weighted by atomic mass is 32.1. The van der Waals surface area contributed by atoms with Crippen molar-refractivity contribution in [3.63, 3.8) is 0 Å². The molecule has 48 heavy (non-hydrogen) atoms. The minimum atomic E-state index is -1.69. The molecule has 5 atom stereocenters. The largest absolute Gasteiger partial charge is 0.481 e. The van der Waals surface area contributed by atoms with Crippen LogP contribution < -0.4 is 32.7 Å². The Morgan fingerprint density at radius 3 is 2.02 bits per heavy atom. The maximum Gasteiger partial charge on any atom is 0.327 e. The number of rotatable bonds is 19. The average Bonchev–Trinajstić information content (AvgIpc) is 3.70. The molecule has 0 unspecified atom stereocenters. The molecule has 12 N–H and O–H groups in total. The first-order valence-corrected chi connectivity index (χ1v) is 15.2. The second kappa shape index (κ2) is 17.5. The highest BCUT2D eigenvalue weighted by Crippen LogP contribution is 2.19. The van der Waals surface area contributed by atoms with Crippen molar-refractivity contribution in [3.05, 3.63) is 54.2 Å². The second-order valence-electron chi connectivity index (χ2n) is 10.8. The number of nitrogens with one attached hydrogen (secondary N) is 6. The second-order valence-corrected chi connectivity index (χ2v) is 11.2. The van der Waals surface area contributed by atoms with Crippen LogP contribution >= 0.6 is 12.6 Å². The molecule has 3 rings (SSSR count). The Morgan fingerprint density at radius 1 is 0.833 bits per heavy atom. The van der Waals surface area contributed by atoms with Crippen LogP contribution in [0.1, 0.15) is 30.5 Å². The number of carboxylic acids is 2. The number of hydrogen-bond acceptors (Lipinski definition) is 10. The third-order valence-corrected chi connectivity index (χ3v) is 7.56. The van der Waals surface area contributed by atoms with E-state index >= 15 is 0 Å². The molecule has 0 saturated carbocycles. The highest BCUT2D eigenvalue weighted by molar-refractivity contribution is 7.80. The number of benzene rings is 1. The van der Waals surface area contributed by atoms with E-state index in [0.717, 1.165) is 10.9 Å². The maximum absolute atomic E-state index is 13.8. The number of hydrogen-bond donors (Lipinski definition) is 11. The van der Waals surface area contributed by atoms with E-state index < -0.39 is 78.1 Å². The lowest BCUT2D eigenvalue weighted by atomic mass is 10.0. The average molecular weight is 688 g/mol. The van der Waals surface area contributed by atoms with E-state index in [1.54, 1.807) is 30.5 Å². The van der Waals surface area contributed by atoms with Crippen LogP contribution in [0.2, 0.25) is 0 Å².